The van der Waals surface area contributed by atoms with Crippen molar-refractivity contribution < 1.29 is 12.6 Å². The van der Waals surface area contributed by atoms with E-state index in [0.29, 0.717) is 10.7 Å². The van der Waals surface area contributed by atoms with Gasteiger partial charge in [-0.2, -0.15) is 8.42 Å². The lowest BCUT2D eigenvalue weighted by Gasteiger charge is -1.93. The molecule has 0 saturated heterocycles. The average Bonchev–Trinajstić information content (AvgIpc) is 2.17. The Bertz CT molecular complexity index is 427. The van der Waals surface area contributed by atoms with Crippen molar-refractivity contribution in [1.29, 1.82) is 0 Å². The van der Waals surface area contributed by atoms with E-state index in [9.17, 15) is 8.42 Å². The van der Waals surface area contributed by atoms with Crippen LogP contribution in [-0.4, -0.2) is 26.7 Å². The summed E-state index contributed by atoms with van der Waals surface area (Å²) in [5, 5.41) is 0.330. The number of hydrogen-bond donors (Lipinski definition) is 0. The first-order valence-electron chi connectivity index (χ1n) is 3.51. The summed E-state index contributed by atoms with van der Waals surface area (Å²) < 4.78 is 28.9. The van der Waals surface area contributed by atoms with E-state index in [2.05, 4.69) is 13.6 Å². The molecule has 1 heterocycles. The number of halogens is 1. The zero-order valence-electron chi connectivity index (χ0n) is 7.21. The van der Waals surface area contributed by atoms with Gasteiger partial charge in [0, 0.05) is 11.8 Å². The highest BCUT2D eigenvalue weighted by Gasteiger charge is 2.02. The van der Waals surface area contributed by atoms with E-state index in [-0.39, 0.29) is 0 Å². The fourth-order valence-electron chi connectivity index (χ4n) is 0.632. The van der Waals surface area contributed by atoms with E-state index in [0.717, 1.165) is 13.3 Å². The maximum absolute atomic E-state index is 10.8. The van der Waals surface area contributed by atoms with Crippen molar-refractivity contribution in [3.8, 4) is 0 Å². The molecule has 7 heteroatoms. The molecule has 0 amide bonds. The second-order valence-electron chi connectivity index (χ2n) is 2.24. The van der Waals surface area contributed by atoms with Crippen LogP contribution in [0.4, 0.5) is 0 Å². The molecule has 0 fully saturated rings. The topological polar surface area (TPSA) is 68.6 Å². The third-order valence-corrected chi connectivity index (χ3v) is 2.30. The summed E-state index contributed by atoms with van der Waals surface area (Å²) in [6, 6.07) is 3.12. The first kappa shape index (κ1) is 11.1. The van der Waals surface area contributed by atoms with E-state index in [1.807, 2.05) is 0 Å². The molecule has 0 aromatic carbocycles. The maximum Gasteiger partial charge on any atom is 0.380 e. The zero-order chi connectivity index (χ0) is 10.6. The highest BCUT2D eigenvalue weighted by atomic mass is 35.5. The highest BCUT2D eigenvalue weighted by molar-refractivity contribution is 7.85. The van der Waals surface area contributed by atoms with E-state index in [4.69, 9.17) is 11.6 Å². The van der Waals surface area contributed by atoms with Gasteiger partial charge in [-0.25, -0.2) is 4.98 Å². The van der Waals surface area contributed by atoms with Crippen LogP contribution >= 0.6 is 11.6 Å². The van der Waals surface area contributed by atoms with Crippen molar-refractivity contribution in [2.75, 3.05) is 7.11 Å². The Morgan fingerprint density at radius 2 is 2.29 bits per heavy atom. The molecular formula is C7H7ClN2O3S. The highest BCUT2D eigenvalue weighted by Crippen LogP contribution is 2.03. The van der Waals surface area contributed by atoms with E-state index in [1.54, 1.807) is 6.07 Å². The van der Waals surface area contributed by atoms with Crippen LogP contribution in [-0.2, 0) is 14.5 Å². The van der Waals surface area contributed by atoms with Crippen molar-refractivity contribution in [2.24, 2.45) is 4.40 Å². The normalized spacial score (nSPS) is 12.1. The second kappa shape index (κ2) is 4.50. The summed E-state index contributed by atoms with van der Waals surface area (Å²) >= 11 is 5.53. The summed E-state index contributed by atoms with van der Waals surface area (Å²) in [5.41, 5.74) is 0.523. The zero-order valence-corrected chi connectivity index (χ0v) is 8.79. The van der Waals surface area contributed by atoms with Gasteiger partial charge in [0.05, 0.1) is 13.3 Å². The molecule has 0 aliphatic carbocycles. The Hall–Kier alpha value is -0.980. The average molecular weight is 235 g/mol. The molecule has 0 N–H and O–H groups in total. The lowest BCUT2D eigenvalue weighted by molar-refractivity contribution is 0.399. The van der Waals surface area contributed by atoms with Crippen molar-refractivity contribution in [2.45, 2.75) is 0 Å². The van der Waals surface area contributed by atoms with Gasteiger partial charge < -0.3 is 0 Å². The number of hydrogen-bond acceptors (Lipinski definition) is 4. The lowest BCUT2D eigenvalue weighted by atomic mass is 10.3. The minimum Gasteiger partial charge on any atom is -0.256 e. The smallest absolute Gasteiger partial charge is 0.256 e. The summed E-state index contributed by atoms with van der Waals surface area (Å²) in [7, 11) is -2.78. The van der Waals surface area contributed by atoms with Crippen molar-refractivity contribution in [1.82, 2.24) is 4.98 Å². The third-order valence-electron chi connectivity index (χ3n) is 1.29. The maximum atomic E-state index is 10.8. The van der Waals surface area contributed by atoms with E-state index >= 15 is 0 Å². The quantitative estimate of drug-likeness (QED) is 0.579. The Morgan fingerprint density at radius 3 is 2.79 bits per heavy atom. The van der Waals surface area contributed by atoms with Gasteiger partial charge in [-0.1, -0.05) is 11.6 Å². The molecule has 0 unspecified atom stereocenters. The molecule has 0 spiro atoms. The van der Waals surface area contributed by atoms with Crippen LogP contribution in [0.1, 0.15) is 5.56 Å². The van der Waals surface area contributed by atoms with Gasteiger partial charge in [0.15, 0.2) is 0 Å². The molecule has 0 saturated carbocycles. The van der Waals surface area contributed by atoms with Crippen LogP contribution in [0.15, 0.2) is 22.7 Å². The minimum atomic E-state index is -3.82. The number of nitrogens with zero attached hydrogens (tertiary/aromatic N) is 2. The molecule has 5 nitrogen and oxygen atoms in total. The van der Waals surface area contributed by atoms with Gasteiger partial charge in [0.1, 0.15) is 5.15 Å². The second-order valence-corrected chi connectivity index (χ2v) is 4.03. The Morgan fingerprint density at radius 1 is 1.57 bits per heavy atom. The van der Waals surface area contributed by atoms with Crippen molar-refractivity contribution in [3.05, 3.63) is 29.0 Å². The van der Waals surface area contributed by atoms with Gasteiger partial charge in [0.2, 0.25) is 0 Å². The Labute approximate surface area is 86.7 Å². The SMILES string of the molecule is COS(=O)(=O)N=Cc1ccc(Cl)nc1. The largest absolute Gasteiger partial charge is 0.380 e. The molecule has 1 aromatic heterocycles. The predicted octanol–water partition coefficient (Wildman–Crippen LogP) is 1.05. The first-order chi connectivity index (χ1) is 6.53. The van der Waals surface area contributed by atoms with Gasteiger partial charge >= 0.3 is 10.3 Å². The predicted molar refractivity (Wildman–Crippen MR) is 52.8 cm³/mol. The van der Waals surface area contributed by atoms with E-state index < -0.39 is 10.3 Å². The molecule has 76 valence electrons. The Kier molecular flexibility index (Phi) is 3.56. The van der Waals surface area contributed by atoms with Crippen molar-refractivity contribution >= 4 is 28.1 Å². The minimum absolute atomic E-state index is 0.330. The fourth-order valence-corrected chi connectivity index (χ4v) is 1.08. The number of rotatable bonds is 3. The fraction of sp³-hybridized carbons (Fsp3) is 0.143. The Balaban J connectivity index is 2.84. The third kappa shape index (κ3) is 3.41. The molecule has 1 rings (SSSR count). The standard InChI is InChI=1S/C7H7ClN2O3S/c1-13-14(11,12)10-5-6-2-3-7(8)9-4-6/h2-5H,1H3. The van der Waals surface area contributed by atoms with Crippen molar-refractivity contribution in [3.63, 3.8) is 0 Å². The molecule has 0 bridgehead atoms. The van der Waals surface area contributed by atoms with E-state index in [1.165, 1.54) is 12.3 Å². The molecule has 0 radical (unpaired) electrons. The molecule has 0 aliphatic rings. The van der Waals surface area contributed by atoms with Crippen LogP contribution < -0.4 is 0 Å². The monoisotopic (exact) mass is 234 g/mol. The van der Waals surface area contributed by atoms with Crippen LogP contribution in [0, 0.1) is 0 Å². The summed E-state index contributed by atoms with van der Waals surface area (Å²) in [5.74, 6) is 0. The lowest BCUT2D eigenvalue weighted by Crippen LogP contribution is -1.98. The molecule has 0 aliphatic heterocycles. The summed E-state index contributed by atoms with van der Waals surface area (Å²) in [4.78, 5) is 3.74. The van der Waals surface area contributed by atoms with Gasteiger partial charge in [-0.3, -0.25) is 4.18 Å². The van der Waals surface area contributed by atoms with Gasteiger partial charge in [-0.05, 0) is 12.1 Å². The molecular weight excluding hydrogens is 228 g/mol. The molecule has 14 heavy (non-hydrogen) atoms. The molecule has 0 atom stereocenters. The first-order valence-corrected chi connectivity index (χ1v) is 5.25. The summed E-state index contributed by atoms with van der Waals surface area (Å²) in [6.45, 7) is 0. The van der Waals surface area contributed by atoms with Crippen LogP contribution in [0.3, 0.4) is 0 Å². The van der Waals surface area contributed by atoms with Crippen LogP contribution in [0.25, 0.3) is 0 Å². The number of aromatic nitrogens is 1. The van der Waals surface area contributed by atoms with Gasteiger partial charge in [-0.15, -0.1) is 4.40 Å². The van der Waals surface area contributed by atoms with Crippen LogP contribution in [0.5, 0.6) is 0 Å². The molecule has 1 aromatic rings. The number of pyridine rings is 1. The van der Waals surface area contributed by atoms with Gasteiger partial charge in [0.25, 0.3) is 0 Å². The van der Waals surface area contributed by atoms with Crippen LogP contribution in [0.2, 0.25) is 5.15 Å². The summed E-state index contributed by atoms with van der Waals surface area (Å²) in [6.07, 6.45) is 2.53.